The Kier molecular flexibility index (Phi) is 3.11. The van der Waals surface area contributed by atoms with Gasteiger partial charge in [-0.15, -0.1) is 11.3 Å². The van der Waals surface area contributed by atoms with Crippen LogP contribution in [0.25, 0.3) is 16.6 Å². The van der Waals surface area contributed by atoms with Crippen molar-refractivity contribution in [3.05, 3.63) is 39.7 Å². The lowest BCUT2D eigenvalue weighted by molar-refractivity contribution is 0.798. The van der Waals surface area contributed by atoms with Gasteiger partial charge < -0.3 is 0 Å². The van der Waals surface area contributed by atoms with E-state index in [1.807, 2.05) is 11.4 Å². The molecule has 3 rings (SSSR count). The monoisotopic (exact) mass is 341 g/mol. The predicted molar refractivity (Wildman–Crippen MR) is 73.0 cm³/mol. The second-order valence-electron chi connectivity index (χ2n) is 3.28. The summed E-state index contributed by atoms with van der Waals surface area (Å²) in [5.74, 6) is 0.928. The smallest absolute Gasteiger partial charge is 0.206 e. The molecule has 5 nitrogen and oxygen atoms in total. The summed E-state index contributed by atoms with van der Waals surface area (Å²) >= 11 is 10.9. The maximum atomic E-state index is 5.92. The molecule has 0 N–H and O–H groups in total. The number of hydrogen-bond acceptors (Lipinski definition) is 5. The molecule has 0 bridgehead atoms. The van der Waals surface area contributed by atoms with E-state index in [1.54, 1.807) is 23.1 Å². The molecule has 0 aliphatic rings. The van der Waals surface area contributed by atoms with Gasteiger partial charge in [0.15, 0.2) is 5.82 Å². The fraction of sp³-hybridized carbons (Fsp3) is 0. The first-order valence-corrected chi connectivity index (χ1v) is 6.94. The van der Waals surface area contributed by atoms with E-state index < -0.39 is 0 Å². The summed E-state index contributed by atoms with van der Waals surface area (Å²) in [6.45, 7) is 0. The lowest BCUT2D eigenvalue weighted by atomic mass is 10.4. The van der Waals surface area contributed by atoms with E-state index in [0.717, 1.165) is 9.35 Å². The van der Waals surface area contributed by atoms with Crippen LogP contribution in [0, 0.1) is 0 Å². The largest absolute Gasteiger partial charge is 0.255 e. The van der Waals surface area contributed by atoms with Crippen LogP contribution in [0.5, 0.6) is 0 Å². The van der Waals surface area contributed by atoms with E-state index in [9.17, 15) is 0 Å². The van der Waals surface area contributed by atoms with E-state index in [2.05, 4.69) is 36.0 Å². The lowest BCUT2D eigenvalue weighted by Gasteiger charge is -2.02. The molecule has 3 aromatic heterocycles. The lowest BCUT2D eigenvalue weighted by Crippen LogP contribution is -2.04. The third kappa shape index (κ3) is 2.16. The molecule has 0 unspecified atom stereocenters. The molecule has 0 spiro atoms. The van der Waals surface area contributed by atoms with Crippen molar-refractivity contribution in [3.8, 4) is 16.6 Å². The van der Waals surface area contributed by atoms with Crippen molar-refractivity contribution in [2.45, 2.75) is 0 Å². The highest BCUT2D eigenvalue weighted by atomic mass is 79.9. The number of thiophene rings is 1. The minimum absolute atomic E-state index is 0.144. The molecule has 0 saturated carbocycles. The van der Waals surface area contributed by atoms with Crippen molar-refractivity contribution >= 4 is 38.9 Å². The van der Waals surface area contributed by atoms with Gasteiger partial charge in [0, 0.05) is 16.9 Å². The summed E-state index contributed by atoms with van der Waals surface area (Å²) in [5, 5.41) is 6.16. The third-order valence-electron chi connectivity index (χ3n) is 2.13. The van der Waals surface area contributed by atoms with Gasteiger partial charge in [0.05, 0.1) is 4.88 Å². The Bertz CT molecular complexity index is 681. The third-order valence-corrected chi connectivity index (χ3v) is 4.13. The highest BCUT2D eigenvalue weighted by Crippen LogP contribution is 2.31. The van der Waals surface area contributed by atoms with Crippen LogP contribution in [-0.2, 0) is 0 Å². The van der Waals surface area contributed by atoms with Gasteiger partial charge in [-0.2, -0.15) is 20.1 Å². The van der Waals surface area contributed by atoms with Gasteiger partial charge in [0.1, 0.15) is 0 Å². The van der Waals surface area contributed by atoms with Gasteiger partial charge in [-0.25, -0.2) is 4.68 Å². The summed E-state index contributed by atoms with van der Waals surface area (Å²) < 4.78 is 2.47. The highest BCUT2D eigenvalue weighted by Gasteiger charge is 2.12. The van der Waals surface area contributed by atoms with Crippen LogP contribution >= 0.6 is 38.9 Å². The Morgan fingerprint density at radius 1 is 1.28 bits per heavy atom. The molecule has 90 valence electrons. The van der Waals surface area contributed by atoms with E-state index in [0.29, 0.717) is 11.8 Å². The SMILES string of the molecule is Clc1nc(-c2sccc2Br)nc(-n2cccn2)n1. The zero-order chi connectivity index (χ0) is 12.5. The van der Waals surface area contributed by atoms with Crippen molar-refractivity contribution in [2.24, 2.45) is 0 Å². The summed E-state index contributed by atoms with van der Waals surface area (Å²) in [7, 11) is 0. The summed E-state index contributed by atoms with van der Waals surface area (Å²) in [5.41, 5.74) is 0. The number of aromatic nitrogens is 5. The van der Waals surface area contributed by atoms with Crippen LogP contribution in [0.3, 0.4) is 0 Å². The highest BCUT2D eigenvalue weighted by molar-refractivity contribution is 9.10. The summed E-state index contributed by atoms with van der Waals surface area (Å²) in [4.78, 5) is 13.4. The molecule has 0 aliphatic heterocycles. The van der Waals surface area contributed by atoms with Gasteiger partial charge in [-0.05, 0) is 45.0 Å². The minimum Gasteiger partial charge on any atom is -0.206 e. The minimum atomic E-state index is 0.144. The molecular weight excluding hydrogens is 338 g/mol. The topological polar surface area (TPSA) is 56.5 Å². The molecule has 8 heteroatoms. The summed E-state index contributed by atoms with van der Waals surface area (Å²) in [6, 6.07) is 3.73. The van der Waals surface area contributed by atoms with Crippen molar-refractivity contribution < 1.29 is 0 Å². The molecule has 3 heterocycles. The van der Waals surface area contributed by atoms with Crippen LogP contribution in [0.15, 0.2) is 34.4 Å². The molecule has 0 atom stereocenters. The molecule has 0 amide bonds. The van der Waals surface area contributed by atoms with E-state index in [1.165, 1.54) is 11.3 Å². The average molecular weight is 343 g/mol. The van der Waals surface area contributed by atoms with Crippen molar-refractivity contribution in [3.63, 3.8) is 0 Å². The van der Waals surface area contributed by atoms with Gasteiger partial charge >= 0.3 is 0 Å². The zero-order valence-electron chi connectivity index (χ0n) is 8.79. The standard InChI is InChI=1S/C10H5BrClN5S/c11-6-2-5-18-7(6)8-14-9(12)16-10(15-8)17-4-1-3-13-17/h1-5H. The van der Waals surface area contributed by atoms with E-state index in [-0.39, 0.29) is 5.28 Å². The maximum Gasteiger partial charge on any atom is 0.255 e. The van der Waals surface area contributed by atoms with Crippen LogP contribution in [0.4, 0.5) is 0 Å². The molecule has 18 heavy (non-hydrogen) atoms. The Hall–Kier alpha value is -1.31. The van der Waals surface area contributed by atoms with Crippen LogP contribution in [-0.4, -0.2) is 24.7 Å². The molecule has 0 aromatic carbocycles. The number of halogens is 2. The molecule has 0 radical (unpaired) electrons. The van der Waals surface area contributed by atoms with Crippen LogP contribution in [0.2, 0.25) is 5.28 Å². The predicted octanol–water partition coefficient (Wildman–Crippen LogP) is 3.20. The molecule has 0 saturated heterocycles. The fourth-order valence-corrected chi connectivity index (χ4v) is 3.02. The van der Waals surface area contributed by atoms with Gasteiger partial charge in [-0.3, -0.25) is 0 Å². The Morgan fingerprint density at radius 2 is 2.17 bits per heavy atom. The van der Waals surface area contributed by atoms with Crippen LogP contribution in [0.1, 0.15) is 0 Å². The Morgan fingerprint density at radius 3 is 2.83 bits per heavy atom. The molecule has 3 aromatic rings. The first-order valence-electron chi connectivity index (χ1n) is 4.89. The number of rotatable bonds is 2. The zero-order valence-corrected chi connectivity index (χ0v) is 11.9. The van der Waals surface area contributed by atoms with Crippen molar-refractivity contribution in [1.82, 2.24) is 24.7 Å². The second-order valence-corrected chi connectivity index (χ2v) is 5.38. The molecule has 0 aliphatic carbocycles. The first kappa shape index (κ1) is 11.8. The maximum absolute atomic E-state index is 5.92. The molecular formula is C10H5BrClN5S. The number of nitrogens with zero attached hydrogens (tertiary/aromatic N) is 5. The van der Waals surface area contributed by atoms with Gasteiger partial charge in [0.2, 0.25) is 5.28 Å². The van der Waals surface area contributed by atoms with E-state index >= 15 is 0 Å². The fourth-order valence-electron chi connectivity index (χ4n) is 1.38. The first-order chi connectivity index (χ1) is 8.74. The quantitative estimate of drug-likeness (QED) is 0.717. The number of hydrogen-bond donors (Lipinski definition) is 0. The Labute approximate surface area is 120 Å². The van der Waals surface area contributed by atoms with Gasteiger partial charge in [0.25, 0.3) is 5.95 Å². The van der Waals surface area contributed by atoms with E-state index in [4.69, 9.17) is 11.6 Å². The summed E-state index contributed by atoms with van der Waals surface area (Å²) in [6.07, 6.45) is 3.40. The molecule has 0 fully saturated rings. The van der Waals surface area contributed by atoms with Crippen molar-refractivity contribution in [2.75, 3.05) is 0 Å². The average Bonchev–Trinajstić information content (AvgIpc) is 2.98. The van der Waals surface area contributed by atoms with Gasteiger partial charge in [-0.1, -0.05) is 0 Å². The Balaban J connectivity index is 2.15. The van der Waals surface area contributed by atoms with Crippen molar-refractivity contribution in [1.29, 1.82) is 0 Å². The second kappa shape index (κ2) is 4.75. The van der Waals surface area contributed by atoms with Crippen LogP contribution < -0.4 is 0 Å². The normalized spacial score (nSPS) is 10.8.